The maximum absolute atomic E-state index is 11.9. The molecule has 0 radical (unpaired) electrons. The zero-order chi connectivity index (χ0) is 13.9. The van der Waals surface area contributed by atoms with Crippen molar-refractivity contribution in [3.63, 3.8) is 0 Å². The van der Waals surface area contributed by atoms with E-state index in [1.54, 1.807) is 29.2 Å². The number of carbonyl (C=O) groups is 1. The van der Waals surface area contributed by atoms with Gasteiger partial charge in [-0.1, -0.05) is 12.8 Å². The molecule has 0 atom stereocenters. The molecule has 1 fully saturated rings. The highest BCUT2D eigenvalue weighted by Gasteiger charge is 2.20. The zero-order valence-electron chi connectivity index (χ0n) is 10.8. The molecule has 1 aliphatic carbocycles. The summed E-state index contributed by atoms with van der Waals surface area (Å²) in [6.07, 6.45) is 7.09. The number of rotatable bonds is 5. The lowest BCUT2D eigenvalue weighted by Crippen LogP contribution is -2.26. The molecule has 104 valence electrons. The molecule has 3 rings (SSSR count). The Morgan fingerprint density at radius 2 is 2.25 bits per heavy atom. The van der Waals surface area contributed by atoms with Crippen molar-refractivity contribution in [3.8, 4) is 5.82 Å². The van der Waals surface area contributed by atoms with E-state index in [1.807, 2.05) is 0 Å². The number of carbonyl (C=O) groups excluding carboxylic acids is 1. The predicted molar refractivity (Wildman–Crippen MR) is 76.5 cm³/mol. The lowest BCUT2D eigenvalue weighted by molar-refractivity contribution is 0.0946. The van der Waals surface area contributed by atoms with Gasteiger partial charge in [-0.05, 0) is 40.4 Å². The molecule has 2 heterocycles. The van der Waals surface area contributed by atoms with Gasteiger partial charge in [-0.25, -0.2) is 4.68 Å². The highest BCUT2D eigenvalue weighted by molar-refractivity contribution is 9.10. The molecule has 20 heavy (non-hydrogen) atoms. The third kappa shape index (κ3) is 3.22. The van der Waals surface area contributed by atoms with Crippen LogP contribution in [0.5, 0.6) is 0 Å². The van der Waals surface area contributed by atoms with E-state index in [2.05, 4.69) is 36.5 Å². The lowest BCUT2D eigenvalue weighted by Gasteiger charge is -2.04. The second-order valence-corrected chi connectivity index (χ2v) is 5.78. The number of nitrogens with one attached hydrogen (secondary N) is 1. The normalized spacial score (nSPS) is 14.2. The Labute approximate surface area is 124 Å². The van der Waals surface area contributed by atoms with E-state index in [1.165, 1.54) is 12.8 Å². The Hall–Kier alpha value is -1.76. The molecule has 6 nitrogen and oxygen atoms in total. The third-order valence-electron chi connectivity index (χ3n) is 3.20. The highest BCUT2D eigenvalue weighted by Crippen LogP contribution is 2.31. The molecular formula is C13H14BrN5O. The molecule has 0 aromatic carbocycles. The first-order valence-corrected chi connectivity index (χ1v) is 7.34. The monoisotopic (exact) mass is 335 g/mol. The minimum absolute atomic E-state index is 0.175. The van der Waals surface area contributed by atoms with Gasteiger partial charge in [0.2, 0.25) is 0 Å². The van der Waals surface area contributed by atoms with Crippen LogP contribution in [0.2, 0.25) is 0 Å². The fraction of sp³-hybridized carbons (Fsp3) is 0.385. The fourth-order valence-corrected chi connectivity index (χ4v) is 2.17. The fourth-order valence-electron chi connectivity index (χ4n) is 1.88. The molecule has 0 spiro atoms. The molecule has 1 saturated carbocycles. The average Bonchev–Trinajstić information content (AvgIpc) is 3.18. The second-order valence-electron chi connectivity index (χ2n) is 4.87. The lowest BCUT2D eigenvalue weighted by atomic mass is 10.3. The first-order chi connectivity index (χ1) is 9.72. The van der Waals surface area contributed by atoms with Gasteiger partial charge in [-0.3, -0.25) is 4.79 Å². The summed E-state index contributed by atoms with van der Waals surface area (Å²) in [5.74, 6) is 1.21. The van der Waals surface area contributed by atoms with Crippen molar-refractivity contribution < 1.29 is 4.79 Å². The van der Waals surface area contributed by atoms with Gasteiger partial charge in [0.1, 0.15) is 0 Å². The van der Waals surface area contributed by atoms with E-state index in [0.29, 0.717) is 18.1 Å². The number of hydrogen-bond donors (Lipinski definition) is 1. The van der Waals surface area contributed by atoms with Crippen molar-refractivity contribution in [1.82, 2.24) is 25.3 Å². The Kier molecular flexibility index (Phi) is 3.77. The maximum atomic E-state index is 11.9. The average molecular weight is 336 g/mol. The summed E-state index contributed by atoms with van der Waals surface area (Å²) < 4.78 is 2.45. The smallest absolute Gasteiger partial charge is 0.271 e. The molecule has 1 aliphatic rings. The van der Waals surface area contributed by atoms with Gasteiger partial charge in [-0.15, -0.1) is 10.2 Å². The first kappa shape index (κ1) is 13.2. The van der Waals surface area contributed by atoms with Crippen molar-refractivity contribution in [1.29, 1.82) is 0 Å². The van der Waals surface area contributed by atoms with Crippen molar-refractivity contribution in [2.45, 2.75) is 19.3 Å². The van der Waals surface area contributed by atoms with Crippen molar-refractivity contribution in [2.75, 3.05) is 6.54 Å². The highest BCUT2D eigenvalue weighted by atomic mass is 79.9. The van der Waals surface area contributed by atoms with Crippen LogP contribution in [-0.4, -0.2) is 32.4 Å². The molecular weight excluding hydrogens is 322 g/mol. The van der Waals surface area contributed by atoms with Gasteiger partial charge in [0.25, 0.3) is 5.91 Å². The Balaban J connectivity index is 1.61. The summed E-state index contributed by atoms with van der Waals surface area (Å²) >= 11 is 3.32. The molecule has 1 amide bonds. The molecule has 0 unspecified atom stereocenters. The van der Waals surface area contributed by atoms with Gasteiger partial charge in [0, 0.05) is 12.7 Å². The Morgan fingerprint density at radius 3 is 2.85 bits per heavy atom. The summed E-state index contributed by atoms with van der Waals surface area (Å²) in [5.41, 5.74) is 0.329. The summed E-state index contributed by atoms with van der Waals surface area (Å²) in [6, 6.07) is 3.38. The number of hydrogen-bond acceptors (Lipinski definition) is 4. The van der Waals surface area contributed by atoms with Crippen LogP contribution in [0.4, 0.5) is 0 Å². The largest absolute Gasteiger partial charge is 0.351 e. The van der Waals surface area contributed by atoms with Crippen LogP contribution in [0.15, 0.2) is 29.0 Å². The molecule has 0 saturated heterocycles. The third-order valence-corrected chi connectivity index (χ3v) is 3.61. The standard InChI is InChI=1S/C13H14BrN5O/c14-10-7-16-19(8-10)12-4-3-11(17-18-12)13(20)15-6-5-9-1-2-9/h3-4,7-9H,1-2,5-6H2,(H,15,20). The summed E-state index contributed by atoms with van der Waals surface area (Å²) in [6.45, 7) is 0.707. The van der Waals surface area contributed by atoms with Crippen molar-refractivity contribution >= 4 is 21.8 Å². The van der Waals surface area contributed by atoms with E-state index in [-0.39, 0.29) is 5.91 Å². The number of halogens is 1. The van der Waals surface area contributed by atoms with Crippen LogP contribution in [0.25, 0.3) is 5.82 Å². The van der Waals surface area contributed by atoms with Crippen molar-refractivity contribution in [3.05, 3.63) is 34.7 Å². The summed E-state index contributed by atoms with van der Waals surface area (Å²) in [5, 5.41) is 14.9. The SMILES string of the molecule is O=C(NCCC1CC1)c1ccc(-n2cc(Br)cn2)nn1. The predicted octanol–water partition coefficient (Wildman–Crippen LogP) is 1.95. The molecule has 2 aromatic rings. The summed E-state index contributed by atoms with van der Waals surface area (Å²) in [7, 11) is 0. The van der Waals surface area contributed by atoms with Crippen LogP contribution in [-0.2, 0) is 0 Å². The number of nitrogens with zero attached hydrogens (tertiary/aromatic N) is 4. The van der Waals surface area contributed by atoms with E-state index < -0.39 is 0 Å². The van der Waals surface area contributed by atoms with Crippen molar-refractivity contribution in [2.24, 2.45) is 5.92 Å². The van der Waals surface area contributed by atoms with Crippen LogP contribution < -0.4 is 5.32 Å². The first-order valence-electron chi connectivity index (χ1n) is 6.55. The van der Waals surface area contributed by atoms with Crippen LogP contribution >= 0.6 is 15.9 Å². The van der Waals surface area contributed by atoms with Crippen LogP contribution in [0, 0.1) is 5.92 Å². The van der Waals surface area contributed by atoms with Crippen LogP contribution in [0.1, 0.15) is 29.8 Å². The van der Waals surface area contributed by atoms with E-state index in [9.17, 15) is 4.79 Å². The molecule has 2 aromatic heterocycles. The Bertz CT molecular complexity index is 605. The molecule has 0 bridgehead atoms. The van der Waals surface area contributed by atoms with Crippen LogP contribution in [0.3, 0.4) is 0 Å². The second kappa shape index (κ2) is 5.70. The molecule has 7 heteroatoms. The minimum Gasteiger partial charge on any atom is -0.351 e. The van der Waals surface area contributed by atoms with Gasteiger partial charge >= 0.3 is 0 Å². The van der Waals surface area contributed by atoms with Gasteiger partial charge < -0.3 is 5.32 Å². The molecule has 0 aliphatic heterocycles. The maximum Gasteiger partial charge on any atom is 0.271 e. The van der Waals surface area contributed by atoms with E-state index >= 15 is 0 Å². The molecule has 1 N–H and O–H groups in total. The minimum atomic E-state index is -0.175. The Morgan fingerprint density at radius 1 is 1.40 bits per heavy atom. The van der Waals surface area contributed by atoms with Gasteiger partial charge in [0.05, 0.1) is 10.7 Å². The quantitative estimate of drug-likeness (QED) is 0.906. The van der Waals surface area contributed by atoms with E-state index in [4.69, 9.17) is 0 Å². The summed E-state index contributed by atoms with van der Waals surface area (Å²) in [4.78, 5) is 11.9. The number of amides is 1. The van der Waals surface area contributed by atoms with E-state index in [0.717, 1.165) is 16.8 Å². The van der Waals surface area contributed by atoms with Gasteiger partial charge in [0.15, 0.2) is 11.5 Å². The zero-order valence-corrected chi connectivity index (χ0v) is 12.4. The topological polar surface area (TPSA) is 72.7 Å². The van der Waals surface area contributed by atoms with Gasteiger partial charge in [-0.2, -0.15) is 5.10 Å². The number of aromatic nitrogens is 4.